The normalized spacial score (nSPS) is 16.8. The number of β-amino-alcohol motifs (C(OH)–C–C–N with tert-alkyl or cyclic N) is 1. The Morgan fingerprint density at radius 3 is 2.79 bits per heavy atom. The van der Waals surface area contributed by atoms with Crippen molar-refractivity contribution in [2.24, 2.45) is 5.92 Å². The van der Waals surface area contributed by atoms with Crippen molar-refractivity contribution in [3.8, 4) is 12.3 Å². The van der Waals surface area contributed by atoms with E-state index in [4.69, 9.17) is 15.6 Å². The molecule has 1 aliphatic rings. The number of aromatic nitrogens is 1. The first kappa shape index (κ1) is 22.4. The maximum Gasteiger partial charge on any atom is 0.273 e. The number of ether oxygens (including phenoxy) is 1. The van der Waals surface area contributed by atoms with E-state index in [2.05, 4.69) is 39.9 Å². The van der Waals surface area contributed by atoms with E-state index in [0.29, 0.717) is 37.1 Å². The van der Waals surface area contributed by atoms with Gasteiger partial charge in [-0.2, -0.15) is 0 Å². The summed E-state index contributed by atoms with van der Waals surface area (Å²) in [5.74, 6) is 3.28. The molecule has 2 heterocycles. The highest BCUT2D eigenvalue weighted by atomic mass is 16.5. The number of terminal acetylenes is 1. The van der Waals surface area contributed by atoms with Crippen LogP contribution in [0.2, 0.25) is 0 Å². The summed E-state index contributed by atoms with van der Waals surface area (Å²) in [5, 5.41) is 12.8. The Balaban J connectivity index is 1.68. The monoisotopic (exact) mass is 392 g/mol. The number of hydrogen-bond donors (Lipinski definition) is 2. The maximum atomic E-state index is 12.1. The molecule has 2 rings (SSSR count). The molecule has 1 aromatic heterocycles. The van der Waals surface area contributed by atoms with Gasteiger partial charge in [0.2, 0.25) is 5.89 Å². The van der Waals surface area contributed by atoms with Crippen LogP contribution in [0.5, 0.6) is 0 Å². The van der Waals surface area contributed by atoms with Crippen molar-refractivity contribution in [1.29, 1.82) is 0 Å². The van der Waals surface area contributed by atoms with E-state index in [0.717, 1.165) is 32.6 Å². The van der Waals surface area contributed by atoms with Gasteiger partial charge in [0.1, 0.15) is 12.9 Å². The van der Waals surface area contributed by atoms with Gasteiger partial charge in [0.05, 0.1) is 19.3 Å². The van der Waals surface area contributed by atoms with E-state index in [-0.39, 0.29) is 19.1 Å². The van der Waals surface area contributed by atoms with Gasteiger partial charge in [-0.25, -0.2) is 4.98 Å². The third-order valence-electron chi connectivity index (χ3n) is 4.58. The van der Waals surface area contributed by atoms with Crippen LogP contribution in [0, 0.1) is 18.3 Å². The molecule has 1 unspecified atom stereocenters. The number of nitrogens with zero attached hydrogens (tertiary/aromatic N) is 3. The average molecular weight is 393 g/mol. The quantitative estimate of drug-likeness (QED) is 0.420. The summed E-state index contributed by atoms with van der Waals surface area (Å²) in [6, 6.07) is 0. The number of oxazole rings is 1. The molecule has 28 heavy (non-hydrogen) atoms. The second kappa shape index (κ2) is 11.8. The lowest BCUT2D eigenvalue weighted by Gasteiger charge is -2.34. The Kier molecular flexibility index (Phi) is 9.44. The van der Waals surface area contributed by atoms with Crippen LogP contribution < -0.4 is 5.32 Å². The number of nitrogens with one attached hydrogen (secondary N) is 1. The lowest BCUT2D eigenvalue weighted by Crippen LogP contribution is -2.48. The minimum absolute atomic E-state index is 0.193. The van der Waals surface area contributed by atoms with Crippen molar-refractivity contribution in [2.75, 3.05) is 52.5 Å². The minimum atomic E-state index is -0.539. The molecule has 1 aliphatic heterocycles. The van der Waals surface area contributed by atoms with Crippen molar-refractivity contribution in [2.45, 2.75) is 32.9 Å². The molecule has 0 aromatic carbocycles. The SMILES string of the molecule is C#CCOCC(O)CN1CCN(Cc2nc(C(=O)NCCC(C)C)co2)CC1. The summed E-state index contributed by atoms with van der Waals surface area (Å²) in [4.78, 5) is 20.8. The Bertz CT molecular complexity index is 632. The van der Waals surface area contributed by atoms with E-state index >= 15 is 0 Å². The average Bonchev–Trinajstić information content (AvgIpc) is 3.12. The van der Waals surface area contributed by atoms with Gasteiger partial charge in [-0.1, -0.05) is 19.8 Å². The Hall–Kier alpha value is -1.92. The third kappa shape index (κ3) is 7.98. The van der Waals surface area contributed by atoms with Gasteiger partial charge in [-0.05, 0) is 12.3 Å². The van der Waals surface area contributed by atoms with E-state index in [1.54, 1.807) is 0 Å². The molecule has 0 radical (unpaired) electrons. The van der Waals surface area contributed by atoms with Crippen LogP contribution in [-0.2, 0) is 11.3 Å². The van der Waals surface area contributed by atoms with Gasteiger partial charge in [0.25, 0.3) is 5.91 Å². The first-order chi connectivity index (χ1) is 13.5. The molecule has 1 amide bonds. The zero-order chi connectivity index (χ0) is 20.4. The van der Waals surface area contributed by atoms with Gasteiger partial charge in [-0.15, -0.1) is 6.42 Å². The predicted molar refractivity (Wildman–Crippen MR) is 106 cm³/mol. The second-order valence-corrected chi connectivity index (χ2v) is 7.51. The molecule has 8 heteroatoms. The molecule has 8 nitrogen and oxygen atoms in total. The first-order valence-corrected chi connectivity index (χ1v) is 9.84. The van der Waals surface area contributed by atoms with Crippen molar-refractivity contribution in [1.82, 2.24) is 20.1 Å². The van der Waals surface area contributed by atoms with Crippen molar-refractivity contribution < 1.29 is 19.1 Å². The number of amides is 1. The van der Waals surface area contributed by atoms with Gasteiger partial charge >= 0.3 is 0 Å². The summed E-state index contributed by atoms with van der Waals surface area (Å²) >= 11 is 0. The largest absolute Gasteiger partial charge is 0.447 e. The molecule has 1 atom stereocenters. The van der Waals surface area contributed by atoms with E-state index in [1.165, 1.54) is 6.26 Å². The Morgan fingerprint density at radius 1 is 1.39 bits per heavy atom. The number of hydrogen-bond acceptors (Lipinski definition) is 7. The van der Waals surface area contributed by atoms with E-state index < -0.39 is 6.10 Å². The minimum Gasteiger partial charge on any atom is -0.447 e. The van der Waals surface area contributed by atoms with Crippen LogP contribution in [0.25, 0.3) is 0 Å². The van der Waals surface area contributed by atoms with Gasteiger partial charge in [0.15, 0.2) is 5.69 Å². The fourth-order valence-corrected chi connectivity index (χ4v) is 2.98. The summed E-state index contributed by atoms with van der Waals surface area (Å²) in [6.45, 7) is 9.86. The second-order valence-electron chi connectivity index (χ2n) is 7.51. The fraction of sp³-hybridized carbons (Fsp3) is 0.700. The smallest absolute Gasteiger partial charge is 0.273 e. The summed E-state index contributed by atoms with van der Waals surface area (Å²) in [5.41, 5.74) is 0.326. The maximum absolute atomic E-state index is 12.1. The van der Waals surface area contributed by atoms with E-state index in [1.807, 2.05) is 0 Å². The number of carbonyl (C=O) groups excluding carboxylic acids is 1. The van der Waals surface area contributed by atoms with Crippen LogP contribution in [0.4, 0.5) is 0 Å². The molecule has 0 bridgehead atoms. The Labute approximate surface area is 167 Å². The standard InChI is InChI=1S/C20H32N4O4/c1-4-11-27-14-17(25)12-23-7-9-24(10-8-23)13-19-22-18(15-28-19)20(26)21-6-5-16(2)3/h1,15-17,25H,5-14H2,2-3H3,(H,21,26). The van der Waals surface area contributed by atoms with Gasteiger partial charge in [0, 0.05) is 39.3 Å². The predicted octanol–water partition coefficient (Wildman–Crippen LogP) is 0.579. The van der Waals surface area contributed by atoms with Crippen LogP contribution in [0.3, 0.4) is 0 Å². The van der Waals surface area contributed by atoms with Crippen molar-refractivity contribution in [3.63, 3.8) is 0 Å². The number of rotatable bonds is 11. The van der Waals surface area contributed by atoms with Crippen LogP contribution in [-0.4, -0.2) is 84.4 Å². The lowest BCUT2D eigenvalue weighted by molar-refractivity contribution is 0.0146. The molecule has 156 valence electrons. The van der Waals surface area contributed by atoms with Crippen LogP contribution in [0.1, 0.15) is 36.6 Å². The highest BCUT2D eigenvalue weighted by molar-refractivity contribution is 5.91. The molecule has 1 fully saturated rings. The molecule has 0 spiro atoms. The van der Waals surface area contributed by atoms with E-state index in [9.17, 15) is 9.90 Å². The topological polar surface area (TPSA) is 91.1 Å². The molecular weight excluding hydrogens is 360 g/mol. The number of piperazine rings is 1. The molecule has 0 aliphatic carbocycles. The molecule has 1 aromatic rings. The molecular formula is C20H32N4O4. The zero-order valence-electron chi connectivity index (χ0n) is 16.9. The highest BCUT2D eigenvalue weighted by Gasteiger charge is 2.21. The first-order valence-electron chi connectivity index (χ1n) is 9.84. The van der Waals surface area contributed by atoms with Crippen molar-refractivity contribution in [3.05, 3.63) is 17.8 Å². The zero-order valence-corrected chi connectivity index (χ0v) is 16.9. The van der Waals surface area contributed by atoms with Gasteiger partial charge < -0.3 is 19.6 Å². The number of aliphatic hydroxyl groups excluding tert-OH is 1. The van der Waals surface area contributed by atoms with Crippen LogP contribution >= 0.6 is 0 Å². The lowest BCUT2D eigenvalue weighted by atomic mass is 10.1. The fourth-order valence-electron chi connectivity index (χ4n) is 2.98. The molecule has 0 saturated carbocycles. The third-order valence-corrected chi connectivity index (χ3v) is 4.58. The van der Waals surface area contributed by atoms with Gasteiger partial charge in [-0.3, -0.25) is 14.6 Å². The number of carbonyl (C=O) groups is 1. The van der Waals surface area contributed by atoms with Crippen molar-refractivity contribution >= 4 is 5.91 Å². The Morgan fingerprint density at radius 2 is 2.11 bits per heavy atom. The van der Waals surface area contributed by atoms with Crippen LogP contribution in [0.15, 0.2) is 10.7 Å². The summed E-state index contributed by atoms with van der Waals surface area (Å²) in [6.07, 6.45) is 6.94. The summed E-state index contributed by atoms with van der Waals surface area (Å²) in [7, 11) is 0. The molecule has 1 saturated heterocycles. The number of aliphatic hydroxyl groups is 1. The molecule has 2 N–H and O–H groups in total. The summed E-state index contributed by atoms with van der Waals surface area (Å²) < 4.78 is 10.6. The highest BCUT2D eigenvalue weighted by Crippen LogP contribution is 2.10.